The molecule has 2 aromatic rings. The van der Waals surface area contributed by atoms with E-state index in [4.69, 9.17) is 4.74 Å². The lowest BCUT2D eigenvalue weighted by atomic mass is 9.89. The number of cyclic esters (lactones) is 1. The Morgan fingerprint density at radius 1 is 1.20 bits per heavy atom. The quantitative estimate of drug-likeness (QED) is 0.649. The van der Waals surface area contributed by atoms with E-state index >= 15 is 13.2 Å². The third kappa shape index (κ3) is 3.98. The van der Waals surface area contributed by atoms with E-state index in [1.165, 1.54) is 19.1 Å². The largest absolute Gasteiger partial charge is 0.442 e. The molecule has 2 unspecified atom stereocenters. The van der Waals surface area contributed by atoms with Crippen molar-refractivity contribution in [2.45, 2.75) is 18.4 Å². The fraction of sp³-hybridized carbons (Fsp3) is 0.375. The molecule has 11 heteroatoms. The summed E-state index contributed by atoms with van der Waals surface area (Å²) >= 11 is 0. The summed E-state index contributed by atoms with van der Waals surface area (Å²) in [5, 5.41) is 15.4. The van der Waals surface area contributed by atoms with E-state index < -0.39 is 40.6 Å². The molecule has 1 aliphatic carbocycles. The first-order chi connectivity index (χ1) is 16.3. The molecule has 2 aromatic carbocycles. The lowest BCUT2D eigenvalue weighted by Crippen LogP contribution is -2.33. The Labute approximate surface area is 205 Å². The number of nitriles is 1. The molecular weight excluding hydrogens is 485 g/mol. The number of nitrogens with zero attached hydrogens (tertiary/aromatic N) is 2. The average Bonchev–Trinajstić information content (AvgIpc) is 3.10. The molecule has 5 rings (SSSR count). The minimum Gasteiger partial charge on any atom is -0.442 e. The molecule has 3 fully saturated rings. The maximum absolute atomic E-state index is 15.1. The van der Waals surface area contributed by atoms with E-state index in [-0.39, 0.29) is 60.1 Å². The van der Waals surface area contributed by atoms with Crippen LogP contribution in [0.4, 0.5) is 23.7 Å². The number of amides is 2. The standard InChI is InChI=1S/C24H21F3N4O3.ClH/c1-12(32)30-7-15-10-31(23(33)34-15)14-5-20(26)22(21(27)6-14)13-2-3-16(19(25)4-13)24(11-28)17-8-29-9-18(17)24;/h2-6,15,17-18,29H,7-10H2,1H3,(H,30,32);1H/t15-,17?,18?,24?;/m0./s1. The molecular formula is C24H22ClF3N4O3. The van der Waals surface area contributed by atoms with Crippen molar-refractivity contribution in [2.24, 2.45) is 11.8 Å². The minimum absolute atomic E-state index is 0. The Balaban J connectivity index is 0.00000289. The summed E-state index contributed by atoms with van der Waals surface area (Å²) in [6.07, 6.45) is -1.45. The van der Waals surface area contributed by atoms with E-state index in [2.05, 4.69) is 16.7 Å². The lowest BCUT2D eigenvalue weighted by molar-refractivity contribution is -0.119. The number of piperidine rings is 1. The van der Waals surface area contributed by atoms with Gasteiger partial charge in [-0.25, -0.2) is 18.0 Å². The normalized spacial score (nSPS) is 26.4. The number of hydrogen-bond donors (Lipinski definition) is 2. The van der Waals surface area contributed by atoms with E-state index in [1.807, 2.05) is 0 Å². The molecule has 35 heavy (non-hydrogen) atoms. The zero-order valence-corrected chi connectivity index (χ0v) is 19.4. The van der Waals surface area contributed by atoms with Crippen LogP contribution in [0.3, 0.4) is 0 Å². The highest BCUT2D eigenvalue weighted by Gasteiger charge is 2.68. The number of fused-ring (bicyclic) bond motifs is 1. The summed E-state index contributed by atoms with van der Waals surface area (Å²) in [7, 11) is 0. The van der Waals surface area contributed by atoms with Crippen LogP contribution < -0.4 is 15.5 Å². The van der Waals surface area contributed by atoms with Gasteiger partial charge < -0.3 is 15.4 Å². The predicted octanol–water partition coefficient (Wildman–Crippen LogP) is 3.26. The molecule has 2 amide bonds. The SMILES string of the molecule is CC(=O)NC[C@H]1CN(c2cc(F)c(-c3ccc(C4(C#N)C5CNCC54)c(F)c3)c(F)c2)C(=O)O1.Cl. The van der Waals surface area contributed by atoms with E-state index in [9.17, 15) is 14.9 Å². The Bertz CT molecular complexity index is 1220. The first-order valence-corrected chi connectivity index (χ1v) is 10.9. The molecule has 184 valence electrons. The number of carbonyl (C=O) groups excluding carboxylic acids is 2. The number of benzene rings is 2. The van der Waals surface area contributed by atoms with Gasteiger partial charge in [0.05, 0.1) is 35.8 Å². The van der Waals surface area contributed by atoms with Crippen molar-refractivity contribution in [3.63, 3.8) is 0 Å². The van der Waals surface area contributed by atoms with Crippen LogP contribution in [-0.2, 0) is 14.9 Å². The Morgan fingerprint density at radius 3 is 2.43 bits per heavy atom. The Hall–Kier alpha value is -3.29. The molecule has 0 bridgehead atoms. The molecule has 3 atom stereocenters. The average molecular weight is 507 g/mol. The summed E-state index contributed by atoms with van der Waals surface area (Å²) in [6, 6.07) is 8.12. The van der Waals surface area contributed by atoms with Crippen LogP contribution in [0.1, 0.15) is 12.5 Å². The van der Waals surface area contributed by atoms with Crippen molar-refractivity contribution in [1.29, 1.82) is 5.26 Å². The number of ether oxygens (including phenoxy) is 1. The molecule has 3 aliphatic rings. The van der Waals surface area contributed by atoms with Crippen LogP contribution in [0, 0.1) is 40.6 Å². The van der Waals surface area contributed by atoms with Gasteiger partial charge in [0.15, 0.2) is 0 Å². The number of rotatable bonds is 5. The van der Waals surface area contributed by atoms with Crippen molar-refractivity contribution < 1.29 is 27.5 Å². The van der Waals surface area contributed by atoms with Crippen LogP contribution in [0.2, 0.25) is 0 Å². The fourth-order valence-electron chi connectivity index (χ4n) is 5.26. The van der Waals surface area contributed by atoms with Gasteiger partial charge in [-0.2, -0.15) is 5.26 Å². The molecule has 0 radical (unpaired) electrons. The van der Waals surface area contributed by atoms with Gasteiger partial charge in [0.25, 0.3) is 0 Å². The summed E-state index contributed by atoms with van der Waals surface area (Å²) in [6.45, 7) is 2.67. The monoisotopic (exact) mass is 506 g/mol. The second-order valence-corrected chi connectivity index (χ2v) is 8.88. The smallest absolute Gasteiger partial charge is 0.414 e. The summed E-state index contributed by atoms with van der Waals surface area (Å²) < 4.78 is 50.2. The van der Waals surface area contributed by atoms with Crippen molar-refractivity contribution in [3.05, 3.63) is 53.3 Å². The Kier molecular flexibility index (Phi) is 6.42. The van der Waals surface area contributed by atoms with Crippen molar-refractivity contribution in [3.8, 4) is 17.2 Å². The topological polar surface area (TPSA) is 94.5 Å². The number of hydrogen-bond acceptors (Lipinski definition) is 5. The second-order valence-electron chi connectivity index (χ2n) is 8.88. The van der Waals surface area contributed by atoms with Gasteiger partial charge in [0.1, 0.15) is 23.6 Å². The predicted molar refractivity (Wildman–Crippen MR) is 122 cm³/mol. The first-order valence-electron chi connectivity index (χ1n) is 10.9. The number of halogens is 4. The van der Waals surface area contributed by atoms with E-state index in [0.29, 0.717) is 13.1 Å². The summed E-state index contributed by atoms with van der Waals surface area (Å²) in [5.74, 6) is -2.86. The molecule has 0 spiro atoms. The van der Waals surface area contributed by atoms with Crippen molar-refractivity contribution in [1.82, 2.24) is 10.6 Å². The zero-order chi connectivity index (χ0) is 24.2. The van der Waals surface area contributed by atoms with Gasteiger partial charge in [0, 0.05) is 37.4 Å². The molecule has 2 aliphatic heterocycles. The third-order valence-electron chi connectivity index (χ3n) is 6.95. The number of anilines is 1. The molecule has 0 aromatic heterocycles. The van der Waals surface area contributed by atoms with Crippen LogP contribution in [-0.4, -0.2) is 44.3 Å². The number of carbonyl (C=O) groups is 2. The van der Waals surface area contributed by atoms with Crippen LogP contribution in [0.25, 0.3) is 11.1 Å². The highest BCUT2D eigenvalue weighted by atomic mass is 35.5. The highest BCUT2D eigenvalue weighted by Crippen LogP contribution is 2.61. The fourth-order valence-corrected chi connectivity index (χ4v) is 5.26. The maximum atomic E-state index is 15.1. The first kappa shape index (κ1) is 24.8. The second kappa shape index (κ2) is 9.06. The summed E-state index contributed by atoms with van der Waals surface area (Å²) in [5.41, 5.74) is -1.14. The summed E-state index contributed by atoms with van der Waals surface area (Å²) in [4.78, 5) is 24.3. The zero-order valence-electron chi connectivity index (χ0n) is 18.6. The third-order valence-corrected chi connectivity index (χ3v) is 6.95. The maximum Gasteiger partial charge on any atom is 0.414 e. The van der Waals surface area contributed by atoms with E-state index in [0.717, 1.165) is 23.1 Å². The molecule has 1 saturated carbocycles. The molecule has 2 heterocycles. The molecule has 2 N–H and O–H groups in total. The van der Waals surface area contributed by atoms with Gasteiger partial charge in [0.2, 0.25) is 5.91 Å². The van der Waals surface area contributed by atoms with Crippen LogP contribution in [0.15, 0.2) is 30.3 Å². The molecule has 7 nitrogen and oxygen atoms in total. The van der Waals surface area contributed by atoms with Crippen molar-refractivity contribution in [2.75, 3.05) is 31.1 Å². The minimum atomic E-state index is -0.970. The number of nitrogens with one attached hydrogen (secondary N) is 2. The van der Waals surface area contributed by atoms with Gasteiger partial charge in [-0.1, -0.05) is 12.1 Å². The van der Waals surface area contributed by atoms with Gasteiger partial charge in [-0.05, 0) is 23.8 Å². The van der Waals surface area contributed by atoms with Gasteiger partial charge in [-0.15, -0.1) is 12.4 Å². The van der Waals surface area contributed by atoms with Crippen molar-refractivity contribution >= 4 is 30.1 Å². The van der Waals surface area contributed by atoms with Gasteiger partial charge in [-0.3, -0.25) is 9.69 Å². The Morgan fingerprint density at radius 2 is 1.86 bits per heavy atom. The van der Waals surface area contributed by atoms with Crippen LogP contribution in [0.5, 0.6) is 0 Å². The van der Waals surface area contributed by atoms with Gasteiger partial charge >= 0.3 is 6.09 Å². The molecule has 2 saturated heterocycles. The lowest BCUT2D eigenvalue weighted by Gasteiger charge is -2.17. The highest BCUT2D eigenvalue weighted by molar-refractivity contribution is 5.90. The van der Waals surface area contributed by atoms with Crippen LogP contribution >= 0.6 is 12.4 Å². The van der Waals surface area contributed by atoms with E-state index in [1.54, 1.807) is 0 Å².